The number of rotatable bonds is 7. The minimum atomic E-state index is 0.764. The van der Waals surface area contributed by atoms with Gasteiger partial charge in [-0.05, 0) is 50.6 Å². The van der Waals surface area contributed by atoms with Crippen LogP contribution in [0.1, 0.15) is 33.6 Å². The van der Waals surface area contributed by atoms with Crippen LogP contribution in [0.2, 0.25) is 0 Å². The number of nitrogens with one attached hydrogen (secondary N) is 1. The highest BCUT2D eigenvalue weighted by molar-refractivity contribution is 4.82. The second-order valence-corrected chi connectivity index (χ2v) is 4.81. The van der Waals surface area contributed by atoms with Gasteiger partial charge in [-0.15, -0.1) is 0 Å². The molecule has 0 spiro atoms. The summed E-state index contributed by atoms with van der Waals surface area (Å²) >= 11 is 0. The topological polar surface area (TPSA) is 21.3 Å². The molecule has 0 aromatic rings. The van der Waals surface area contributed by atoms with E-state index in [1.54, 1.807) is 0 Å². The molecule has 2 heteroatoms. The summed E-state index contributed by atoms with van der Waals surface area (Å²) in [5.74, 6) is 2.47. The van der Waals surface area contributed by atoms with Gasteiger partial charge >= 0.3 is 0 Å². The van der Waals surface area contributed by atoms with E-state index in [1.807, 2.05) is 0 Å². The van der Waals surface area contributed by atoms with Crippen LogP contribution in [0.25, 0.3) is 0 Å². The molecule has 0 bridgehead atoms. The molecule has 0 aromatic carbocycles. The molecule has 1 rings (SSSR count). The number of hydrogen-bond acceptors (Lipinski definition) is 2. The lowest BCUT2D eigenvalue weighted by Gasteiger charge is -2.36. The highest BCUT2D eigenvalue weighted by Gasteiger charge is 2.30. The molecule has 2 unspecified atom stereocenters. The fourth-order valence-corrected chi connectivity index (χ4v) is 1.95. The van der Waals surface area contributed by atoms with Gasteiger partial charge in [0.25, 0.3) is 0 Å². The van der Waals surface area contributed by atoms with Crippen LogP contribution >= 0.6 is 0 Å². The fourth-order valence-electron chi connectivity index (χ4n) is 1.95. The van der Waals surface area contributed by atoms with Crippen molar-refractivity contribution in [1.82, 2.24) is 5.32 Å². The van der Waals surface area contributed by atoms with Crippen molar-refractivity contribution in [3.05, 3.63) is 0 Å². The molecule has 0 heterocycles. The zero-order chi connectivity index (χ0) is 10.4. The molecule has 84 valence electrons. The summed E-state index contributed by atoms with van der Waals surface area (Å²) in [6, 6.07) is 0. The SMILES string of the molecule is CCOCC1CCC1CNCC(C)C. The van der Waals surface area contributed by atoms with Crippen LogP contribution in [0.4, 0.5) is 0 Å². The van der Waals surface area contributed by atoms with Crippen LogP contribution in [0.3, 0.4) is 0 Å². The van der Waals surface area contributed by atoms with Crippen LogP contribution in [-0.2, 0) is 4.74 Å². The van der Waals surface area contributed by atoms with Gasteiger partial charge in [-0.1, -0.05) is 13.8 Å². The predicted molar refractivity (Wildman–Crippen MR) is 60.4 cm³/mol. The van der Waals surface area contributed by atoms with E-state index < -0.39 is 0 Å². The fraction of sp³-hybridized carbons (Fsp3) is 1.00. The van der Waals surface area contributed by atoms with Crippen molar-refractivity contribution < 1.29 is 4.74 Å². The average molecular weight is 199 g/mol. The van der Waals surface area contributed by atoms with E-state index in [0.717, 1.165) is 37.5 Å². The van der Waals surface area contributed by atoms with E-state index in [-0.39, 0.29) is 0 Å². The van der Waals surface area contributed by atoms with Gasteiger partial charge in [0.15, 0.2) is 0 Å². The molecule has 0 aliphatic heterocycles. The molecule has 1 aliphatic rings. The van der Waals surface area contributed by atoms with E-state index >= 15 is 0 Å². The maximum absolute atomic E-state index is 5.47. The van der Waals surface area contributed by atoms with E-state index in [4.69, 9.17) is 4.74 Å². The Kier molecular flexibility index (Phi) is 5.49. The summed E-state index contributed by atoms with van der Waals surface area (Å²) in [7, 11) is 0. The Morgan fingerprint density at radius 3 is 2.50 bits per heavy atom. The van der Waals surface area contributed by atoms with Gasteiger partial charge in [-0.25, -0.2) is 0 Å². The maximum atomic E-state index is 5.47. The highest BCUT2D eigenvalue weighted by atomic mass is 16.5. The van der Waals surface area contributed by atoms with Crippen molar-refractivity contribution in [3.8, 4) is 0 Å². The molecule has 1 N–H and O–H groups in total. The zero-order valence-electron chi connectivity index (χ0n) is 9.88. The number of hydrogen-bond donors (Lipinski definition) is 1. The van der Waals surface area contributed by atoms with Crippen molar-refractivity contribution >= 4 is 0 Å². The summed E-state index contributed by atoms with van der Waals surface area (Å²) in [6.45, 7) is 10.8. The third-order valence-corrected chi connectivity index (χ3v) is 3.07. The second-order valence-electron chi connectivity index (χ2n) is 4.81. The Bertz CT molecular complexity index is 147. The molecular weight excluding hydrogens is 174 g/mol. The monoisotopic (exact) mass is 199 g/mol. The molecule has 14 heavy (non-hydrogen) atoms. The van der Waals surface area contributed by atoms with Crippen LogP contribution in [0.15, 0.2) is 0 Å². The summed E-state index contributed by atoms with van der Waals surface area (Å²) in [5.41, 5.74) is 0. The van der Waals surface area contributed by atoms with E-state index in [9.17, 15) is 0 Å². The van der Waals surface area contributed by atoms with Crippen LogP contribution in [-0.4, -0.2) is 26.3 Å². The standard InChI is InChI=1S/C12H25NO/c1-4-14-9-12-6-5-11(12)8-13-7-10(2)3/h10-13H,4-9H2,1-3H3. The second kappa shape index (κ2) is 6.41. The quantitative estimate of drug-likeness (QED) is 0.679. The molecule has 0 radical (unpaired) electrons. The van der Waals surface area contributed by atoms with E-state index in [1.165, 1.54) is 19.4 Å². The zero-order valence-corrected chi connectivity index (χ0v) is 9.88. The maximum Gasteiger partial charge on any atom is 0.0497 e. The normalized spacial score (nSPS) is 26.6. The van der Waals surface area contributed by atoms with Gasteiger partial charge in [-0.3, -0.25) is 0 Å². The number of ether oxygens (including phenoxy) is 1. The summed E-state index contributed by atoms with van der Waals surface area (Å²) in [6.07, 6.45) is 2.76. The third-order valence-electron chi connectivity index (χ3n) is 3.07. The first-order valence-electron chi connectivity index (χ1n) is 6.02. The van der Waals surface area contributed by atoms with Crippen LogP contribution in [0.5, 0.6) is 0 Å². The Morgan fingerprint density at radius 1 is 1.29 bits per heavy atom. The van der Waals surface area contributed by atoms with Gasteiger partial charge in [0, 0.05) is 13.2 Å². The Hall–Kier alpha value is -0.0800. The first kappa shape index (κ1) is 12.0. The van der Waals surface area contributed by atoms with Crippen molar-refractivity contribution in [1.29, 1.82) is 0 Å². The molecule has 1 fully saturated rings. The van der Waals surface area contributed by atoms with Crippen LogP contribution in [0, 0.1) is 17.8 Å². The highest BCUT2D eigenvalue weighted by Crippen LogP contribution is 2.33. The van der Waals surface area contributed by atoms with Gasteiger partial charge < -0.3 is 10.1 Å². The lowest BCUT2D eigenvalue weighted by molar-refractivity contribution is 0.0376. The van der Waals surface area contributed by atoms with E-state index in [0.29, 0.717) is 0 Å². The van der Waals surface area contributed by atoms with Gasteiger partial charge in [0.2, 0.25) is 0 Å². The Balaban J connectivity index is 2.01. The summed E-state index contributed by atoms with van der Waals surface area (Å²) < 4.78 is 5.47. The summed E-state index contributed by atoms with van der Waals surface area (Å²) in [4.78, 5) is 0. The van der Waals surface area contributed by atoms with Gasteiger partial charge in [0.1, 0.15) is 0 Å². The predicted octanol–water partition coefficient (Wildman–Crippen LogP) is 2.29. The molecule has 0 aromatic heterocycles. The third kappa shape index (κ3) is 3.97. The molecule has 2 atom stereocenters. The van der Waals surface area contributed by atoms with Crippen molar-refractivity contribution in [2.45, 2.75) is 33.6 Å². The van der Waals surface area contributed by atoms with Crippen LogP contribution < -0.4 is 5.32 Å². The molecule has 2 nitrogen and oxygen atoms in total. The van der Waals surface area contributed by atoms with Gasteiger partial charge in [-0.2, -0.15) is 0 Å². The van der Waals surface area contributed by atoms with Crippen molar-refractivity contribution in [3.63, 3.8) is 0 Å². The first-order chi connectivity index (χ1) is 6.74. The summed E-state index contributed by atoms with van der Waals surface area (Å²) in [5, 5.41) is 3.54. The molecule has 0 saturated heterocycles. The van der Waals surface area contributed by atoms with Crippen molar-refractivity contribution in [2.75, 3.05) is 26.3 Å². The van der Waals surface area contributed by atoms with Gasteiger partial charge in [0.05, 0.1) is 0 Å². The molecule has 1 saturated carbocycles. The smallest absolute Gasteiger partial charge is 0.0497 e. The molecule has 0 amide bonds. The Labute approximate surface area is 88.4 Å². The van der Waals surface area contributed by atoms with E-state index in [2.05, 4.69) is 26.1 Å². The lowest BCUT2D eigenvalue weighted by atomic mass is 9.74. The largest absolute Gasteiger partial charge is 0.381 e. The molecule has 1 aliphatic carbocycles. The average Bonchev–Trinajstić information content (AvgIpc) is 2.11. The minimum absolute atomic E-state index is 0.764. The first-order valence-corrected chi connectivity index (χ1v) is 6.02. The minimum Gasteiger partial charge on any atom is -0.381 e. The molecular formula is C12H25NO. The van der Waals surface area contributed by atoms with Crippen molar-refractivity contribution in [2.24, 2.45) is 17.8 Å². The Morgan fingerprint density at radius 2 is 2.00 bits per heavy atom. The lowest BCUT2D eigenvalue weighted by Crippen LogP contribution is -2.38.